The lowest BCUT2D eigenvalue weighted by Crippen LogP contribution is -2.52. The number of methoxy groups -OCH3 is 1. The number of carbonyl (C=O) groups is 3. The Kier molecular flexibility index (Phi) is 8.04. The van der Waals surface area contributed by atoms with Crippen LogP contribution in [0.25, 0.3) is 5.76 Å². The lowest BCUT2D eigenvalue weighted by molar-refractivity contribution is -0.143. The van der Waals surface area contributed by atoms with Crippen LogP contribution < -0.4 is 4.90 Å². The number of Topliss-reactive ketones (excluding diaryl/α,β-unsaturated/α-hetero) is 1. The number of aliphatic hydroxyl groups is 1. The third-order valence-corrected chi connectivity index (χ3v) is 9.94. The second kappa shape index (κ2) is 11.4. The van der Waals surface area contributed by atoms with Crippen LogP contribution in [-0.4, -0.2) is 80.2 Å². The van der Waals surface area contributed by atoms with Gasteiger partial charge < -0.3 is 19.6 Å². The smallest absolute Gasteiger partial charge is 0.296 e. The molecule has 1 atom stereocenters. The van der Waals surface area contributed by atoms with Crippen molar-refractivity contribution in [3.63, 3.8) is 0 Å². The first-order chi connectivity index (χ1) is 19.7. The maximum absolute atomic E-state index is 14.4. The molecular formula is C30H35N3O7S. The molecule has 3 heterocycles. The van der Waals surface area contributed by atoms with E-state index in [1.807, 2.05) is 6.92 Å². The maximum atomic E-state index is 14.4. The Bertz CT molecular complexity index is 1510. The normalized spacial score (nSPS) is 22.6. The van der Waals surface area contributed by atoms with E-state index in [1.54, 1.807) is 29.2 Å². The summed E-state index contributed by atoms with van der Waals surface area (Å²) in [7, 11) is -2.32. The number of piperidine rings is 1. The fourth-order valence-corrected chi connectivity index (χ4v) is 7.75. The largest absolute Gasteiger partial charge is 0.507 e. The number of fused-ring (bicyclic) bond motifs is 2. The number of ether oxygens (including phenoxy) is 1. The molecular weight excluding hydrogens is 546 g/mol. The molecule has 2 aromatic carbocycles. The van der Waals surface area contributed by atoms with Crippen molar-refractivity contribution in [3.8, 4) is 0 Å². The van der Waals surface area contributed by atoms with Crippen LogP contribution in [0.15, 0.2) is 59.0 Å². The lowest BCUT2D eigenvalue weighted by atomic mass is 9.82. The Labute approximate surface area is 240 Å². The van der Waals surface area contributed by atoms with Gasteiger partial charge in [0.25, 0.3) is 17.6 Å². The highest BCUT2D eigenvalue weighted by atomic mass is 32.2. The molecule has 3 aliphatic heterocycles. The van der Waals surface area contributed by atoms with Crippen LogP contribution in [0, 0.1) is 0 Å². The van der Waals surface area contributed by atoms with Crippen LogP contribution in [-0.2, 0) is 34.7 Å². The molecule has 41 heavy (non-hydrogen) atoms. The van der Waals surface area contributed by atoms with E-state index in [-0.39, 0.29) is 22.6 Å². The van der Waals surface area contributed by atoms with Gasteiger partial charge in [-0.05, 0) is 43.9 Å². The Hall–Kier alpha value is -3.54. The van der Waals surface area contributed by atoms with Crippen molar-refractivity contribution < 1.29 is 32.6 Å². The number of anilines is 1. The van der Waals surface area contributed by atoms with E-state index in [9.17, 15) is 27.9 Å². The first-order valence-electron chi connectivity index (χ1n) is 14.0. The van der Waals surface area contributed by atoms with E-state index >= 15 is 0 Å². The van der Waals surface area contributed by atoms with Crippen LogP contribution >= 0.6 is 0 Å². The molecule has 10 nitrogen and oxygen atoms in total. The zero-order valence-electron chi connectivity index (χ0n) is 23.3. The van der Waals surface area contributed by atoms with Gasteiger partial charge in [0.1, 0.15) is 5.76 Å². The van der Waals surface area contributed by atoms with Gasteiger partial charge >= 0.3 is 0 Å². The van der Waals surface area contributed by atoms with Crippen molar-refractivity contribution in [1.82, 2.24) is 9.21 Å². The van der Waals surface area contributed by atoms with Crippen molar-refractivity contribution >= 4 is 39.1 Å². The molecule has 2 saturated heterocycles. The molecule has 2 amide bonds. The van der Waals surface area contributed by atoms with Crippen molar-refractivity contribution in [3.05, 3.63) is 65.2 Å². The molecule has 3 aliphatic rings. The second-order valence-electron chi connectivity index (χ2n) is 10.5. The molecule has 0 aromatic heterocycles. The molecule has 5 rings (SSSR count). The number of benzene rings is 2. The van der Waals surface area contributed by atoms with Gasteiger partial charge in [0.05, 0.1) is 16.2 Å². The highest BCUT2D eigenvalue weighted by molar-refractivity contribution is 7.89. The van der Waals surface area contributed by atoms with Crippen LogP contribution in [0.2, 0.25) is 0 Å². The van der Waals surface area contributed by atoms with E-state index in [0.29, 0.717) is 50.3 Å². The summed E-state index contributed by atoms with van der Waals surface area (Å²) in [4.78, 5) is 44.5. The average Bonchev–Trinajstić information content (AvgIpc) is 3.36. The summed E-state index contributed by atoms with van der Waals surface area (Å²) in [6.45, 7) is 3.42. The number of likely N-dealkylation sites (tertiary alicyclic amines) is 1. The first kappa shape index (κ1) is 29.0. The highest BCUT2D eigenvalue weighted by Gasteiger charge is 2.66. The van der Waals surface area contributed by atoms with Gasteiger partial charge in [0.2, 0.25) is 10.0 Å². The molecule has 1 unspecified atom stereocenters. The molecule has 2 fully saturated rings. The number of aliphatic hydroxyl groups excluding tert-OH is 1. The topological polar surface area (TPSA) is 125 Å². The zero-order valence-corrected chi connectivity index (χ0v) is 24.2. The predicted octanol–water partition coefficient (Wildman–Crippen LogP) is 3.23. The van der Waals surface area contributed by atoms with Gasteiger partial charge in [0, 0.05) is 51.0 Å². The standard InChI is InChI=1S/C30H35N3O7S/c1-3-15-32-24-14-6-5-13-23(24)30(29(32)37)25(27(35)28(36)33(30)18-10-19-40-2)26(34)21-11-9-12-22(20-21)41(38,39)31-16-7-4-8-17-31/h5-6,9,11-14,20,34H,3-4,7-8,10,15-19H2,1-2H3/b26-25+. The van der Waals surface area contributed by atoms with Gasteiger partial charge in [0.15, 0.2) is 5.54 Å². The first-order valence-corrected chi connectivity index (χ1v) is 15.5. The van der Waals surface area contributed by atoms with E-state index in [2.05, 4.69) is 0 Å². The molecule has 1 spiro atoms. The highest BCUT2D eigenvalue weighted by Crippen LogP contribution is 2.53. The SMILES string of the molecule is CCCN1C(=O)C2(/C(=C(/O)c3cccc(S(=O)(=O)N4CCCCC4)c3)C(=O)C(=O)N2CCCOC)c2ccccc21. The molecule has 0 bridgehead atoms. The van der Waals surface area contributed by atoms with Crippen LogP contribution in [0.1, 0.15) is 50.2 Å². The summed E-state index contributed by atoms with van der Waals surface area (Å²) in [5.41, 5.74) is -1.22. The van der Waals surface area contributed by atoms with Gasteiger partial charge in [-0.3, -0.25) is 14.4 Å². The molecule has 218 valence electrons. The second-order valence-corrected chi connectivity index (χ2v) is 12.5. The molecule has 0 radical (unpaired) electrons. The van der Waals surface area contributed by atoms with Crippen LogP contribution in [0.3, 0.4) is 0 Å². The quantitative estimate of drug-likeness (QED) is 0.209. The monoisotopic (exact) mass is 581 g/mol. The Morgan fingerprint density at radius 3 is 2.44 bits per heavy atom. The van der Waals surface area contributed by atoms with E-state index in [0.717, 1.165) is 19.3 Å². The minimum Gasteiger partial charge on any atom is -0.507 e. The van der Waals surface area contributed by atoms with Gasteiger partial charge in [-0.2, -0.15) is 4.31 Å². The van der Waals surface area contributed by atoms with Crippen molar-refractivity contribution in [2.24, 2.45) is 0 Å². The minimum atomic E-state index is -3.85. The Morgan fingerprint density at radius 2 is 1.73 bits per heavy atom. The number of carbonyl (C=O) groups excluding carboxylic acids is 3. The third-order valence-electron chi connectivity index (χ3n) is 8.05. The third kappa shape index (κ3) is 4.56. The van der Waals surface area contributed by atoms with Crippen molar-refractivity contribution in [1.29, 1.82) is 0 Å². The van der Waals surface area contributed by atoms with E-state index in [1.165, 1.54) is 40.6 Å². The maximum Gasteiger partial charge on any atom is 0.296 e. The van der Waals surface area contributed by atoms with Gasteiger partial charge in [-0.15, -0.1) is 0 Å². The molecule has 11 heteroatoms. The molecule has 0 aliphatic carbocycles. The van der Waals surface area contributed by atoms with Crippen molar-refractivity contribution in [2.75, 3.05) is 44.8 Å². The number of rotatable bonds is 9. The molecule has 0 saturated carbocycles. The van der Waals surface area contributed by atoms with Crippen LogP contribution in [0.5, 0.6) is 0 Å². The zero-order chi connectivity index (χ0) is 29.4. The summed E-state index contributed by atoms with van der Waals surface area (Å²) in [6.07, 6.45) is 3.48. The number of sulfonamides is 1. The average molecular weight is 582 g/mol. The summed E-state index contributed by atoms with van der Waals surface area (Å²) in [5.74, 6) is -2.99. The predicted molar refractivity (Wildman–Crippen MR) is 153 cm³/mol. The van der Waals surface area contributed by atoms with Gasteiger partial charge in [-0.1, -0.05) is 43.7 Å². The summed E-state index contributed by atoms with van der Waals surface area (Å²) >= 11 is 0. The van der Waals surface area contributed by atoms with E-state index in [4.69, 9.17) is 4.74 Å². The number of hydrogen-bond donors (Lipinski definition) is 1. The lowest BCUT2D eigenvalue weighted by Gasteiger charge is -2.34. The summed E-state index contributed by atoms with van der Waals surface area (Å²) in [6, 6.07) is 12.7. The van der Waals surface area contributed by atoms with Crippen molar-refractivity contribution in [2.45, 2.75) is 49.5 Å². The fourth-order valence-electron chi connectivity index (χ4n) is 6.18. The number of hydrogen-bond acceptors (Lipinski definition) is 7. The number of nitrogens with zero attached hydrogens (tertiary/aromatic N) is 3. The van der Waals surface area contributed by atoms with Crippen LogP contribution in [0.4, 0.5) is 5.69 Å². The van der Waals surface area contributed by atoms with E-state index < -0.39 is 38.9 Å². The fraction of sp³-hybridized carbons (Fsp3) is 0.433. The Morgan fingerprint density at radius 1 is 1.00 bits per heavy atom. The number of amides is 2. The Balaban J connectivity index is 1.71. The number of para-hydroxylation sites is 1. The van der Waals surface area contributed by atoms with Gasteiger partial charge in [-0.25, -0.2) is 8.42 Å². The summed E-state index contributed by atoms with van der Waals surface area (Å²) < 4.78 is 33.4. The number of ketones is 1. The molecule has 2 aromatic rings. The summed E-state index contributed by atoms with van der Waals surface area (Å²) in [5, 5.41) is 11.8. The molecule has 1 N–H and O–H groups in total. The minimum absolute atomic E-state index is 0.0300.